The number of Topliss-reactive ketones (excluding diaryl/α,β-unsaturated/α-hetero) is 1. The molecule has 4 aromatic carbocycles. The molecule has 2 bridgehead atoms. The molecule has 0 aliphatic carbocycles. The first-order chi connectivity index (χ1) is 25.1. The van der Waals surface area contributed by atoms with Crippen LogP contribution in [0.15, 0.2) is 79.0 Å². The summed E-state index contributed by atoms with van der Waals surface area (Å²) in [6, 6.07) is 21.1. The van der Waals surface area contributed by atoms with Gasteiger partial charge < -0.3 is 45.6 Å². The number of aromatic hydroxyl groups is 4. The molecule has 1 aromatic heterocycles. The van der Waals surface area contributed by atoms with Crippen molar-refractivity contribution in [2.75, 3.05) is 33.1 Å². The topological polar surface area (TPSA) is 174 Å². The summed E-state index contributed by atoms with van der Waals surface area (Å²) < 4.78 is 10.7. The molecule has 2 heterocycles. The highest BCUT2D eigenvalue weighted by molar-refractivity contribution is 5.92. The summed E-state index contributed by atoms with van der Waals surface area (Å²) in [6.07, 6.45) is 2.14. The SMILES string of the molecule is CNC[C@H]1C[C@H](c2cc(O)c(O)c(OC)c2)CC(=O)[C@H]([C@H](O)CCc2ccc(O)c(OC)c2)Cc2ccnc(c2)Nc2ccc3cc(O)ccc3c21. The summed E-state index contributed by atoms with van der Waals surface area (Å²) in [4.78, 5) is 19.2. The molecule has 1 aliphatic heterocycles. The molecular formula is C41H45N3O8. The van der Waals surface area contributed by atoms with Crippen molar-refractivity contribution in [1.82, 2.24) is 10.3 Å². The molecule has 0 fully saturated rings. The number of benzene rings is 4. The quantitative estimate of drug-likeness (QED) is 0.0843. The molecule has 4 atom stereocenters. The number of hydrogen-bond acceptors (Lipinski definition) is 11. The van der Waals surface area contributed by atoms with E-state index in [1.165, 1.54) is 20.3 Å². The standard InChI is InChI=1S/C41H45N3O8/c1-42-22-28-17-26(27-20-36(49)41(50)38(21-27)52-3)19-35(48)31(33(46)10-4-23-5-11-34(47)37(15-23)51-2)14-24-12-13-43-39(16-24)44-32-9-6-25-18-29(45)7-8-30(25)40(28)32/h5-9,11-13,15-16,18,20-21,26,28,31,33,42,45-47,49-50H,4,10,14,17,19,22H2,1-3H3,(H,43,44)/t26-,28+,31-,33+/m0/s1. The molecule has 0 amide bonds. The third-order valence-corrected chi connectivity index (χ3v) is 10.1. The molecule has 1 aliphatic rings. The molecule has 0 saturated carbocycles. The average molecular weight is 708 g/mol. The van der Waals surface area contributed by atoms with Gasteiger partial charge in [0.25, 0.3) is 0 Å². The van der Waals surface area contributed by atoms with E-state index >= 15 is 0 Å². The maximum atomic E-state index is 14.6. The van der Waals surface area contributed by atoms with Crippen LogP contribution in [-0.4, -0.2) is 70.2 Å². The Balaban J connectivity index is 1.46. The van der Waals surface area contributed by atoms with Crippen LogP contribution in [0.3, 0.4) is 0 Å². The smallest absolute Gasteiger partial charge is 0.200 e. The van der Waals surface area contributed by atoms with Crippen molar-refractivity contribution in [3.05, 3.63) is 101 Å². The van der Waals surface area contributed by atoms with E-state index in [4.69, 9.17) is 9.47 Å². The number of carbonyl (C=O) groups excluding carboxylic acids is 1. The van der Waals surface area contributed by atoms with E-state index in [0.717, 1.165) is 33.2 Å². The fraction of sp³-hybridized carbons (Fsp3) is 0.317. The average Bonchev–Trinajstić information content (AvgIpc) is 3.14. The largest absolute Gasteiger partial charge is 0.508 e. The first kappa shape index (κ1) is 36.3. The summed E-state index contributed by atoms with van der Waals surface area (Å²) in [7, 11) is 4.74. The highest BCUT2D eigenvalue weighted by Crippen LogP contribution is 2.45. The highest BCUT2D eigenvalue weighted by Gasteiger charge is 2.33. The van der Waals surface area contributed by atoms with E-state index < -0.39 is 17.9 Å². The number of phenols is 4. The second-order valence-corrected chi connectivity index (χ2v) is 13.5. The summed E-state index contributed by atoms with van der Waals surface area (Å²) >= 11 is 0. The lowest BCUT2D eigenvalue weighted by molar-refractivity contribution is -0.127. The van der Waals surface area contributed by atoms with Crippen LogP contribution in [0.1, 0.15) is 53.4 Å². The summed E-state index contributed by atoms with van der Waals surface area (Å²) in [5.41, 5.74) is 4.06. The van der Waals surface area contributed by atoms with Crippen LogP contribution in [0, 0.1) is 5.92 Å². The predicted octanol–water partition coefficient (Wildman–Crippen LogP) is 6.42. The highest BCUT2D eigenvalue weighted by atomic mass is 16.5. The van der Waals surface area contributed by atoms with Gasteiger partial charge in [0.1, 0.15) is 17.4 Å². The van der Waals surface area contributed by atoms with Gasteiger partial charge in [-0.05, 0) is 132 Å². The van der Waals surface area contributed by atoms with Gasteiger partial charge in [-0.2, -0.15) is 0 Å². The molecule has 272 valence electrons. The Kier molecular flexibility index (Phi) is 11.0. The van der Waals surface area contributed by atoms with Crippen molar-refractivity contribution in [3.8, 4) is 34.5 Å². The Morgan fingerprint density at radius 1 is 0.904 bits per heavy atom. The Labute approximate surface area is 302 Å². The summed E-state index contributed by atoms with van der Waals surface area (Å²) in [5, 5.41) is 62.1. The molecule has 11 heteroatoms. The number of likely N-dealkylation sites (N-methyl/N-ethyl adjacent to an activating group) is 1. The zero-order valence-electron chi connectivity index (χ0n) is 29.5. The predicted molar refractivity (Wildman–Crippen MR) is 199 cm³/mol. The molecule has 0 saturated heterocycles. The molecular weight excluding hydrogens is 662 g/mol. The van der Waals surface area contributed by atoms with Gasteiger partial charge >= 0.3 is 0 Å². The summed E-state index contributed by atoms with van der Waals surface area (Å²) in [5.74, 6) is -1.17. The van der Waals surface area contributed by atoms with E-state index in [0.29, 0.717) is 36.5 Å². The van der Waals surface area contributed by atoms with Crippen molar-refractivity contribution in [1.29, 1.82) is 0 Å². The number of anilines is 2. The Bertz CT molecular complexity index is 2070. The fourth-order valence-electron chi connectivity index (χ4n) is 7.44. The van der Waals surface area contributed by atoms with Gasteiger partial charge in [0.05, 0.1) is 20.3 Å². The Morgan fingerprint density at radius 2 is 1.71 bits per heavy atom. The third-order valence-electron chi connectivity index (χ3n) is 10.1. The second-order valence-electron chi connectivity index (χ2n) is 13.5. The number of fused-ring (bicyclic) bond motifs is 5. The lowest BCUT2D eigenvalue weighted by Gasteiger charge is -2.29. The minimum absolute atomic E-state index is 0.0205. The van der Waals surface area contributed by atoms with Crippen molar-refractivity contribution in [2.24, 2.45) is 5.92 Å². The number of rotatable bonds is 9. The molecule has 5 aromatic rings. The zero-order valence-corrected chi connectivity index (χ0v) is 29.5. The van der Waals surface area contributed by atoms with Crippen LogP contribution in [0.25, 0.3) is 10.8 Å². The number of nitrogens with zero attached hydrogens (tertiary/aromatic N) is 1. The first-order valence-electron chi connectivity index (χ1n) is 17.4. The van der Waals surface area contributed by atoms with E-state index in [-0.39, 0.29) is 59.7 Å². The molecule has 52 heavy (non-hydrogen) atoms. The van der Waals surface area contributed by atoms with Crippen LogP contribution in [0.5, 0.6) is 34.5 Å². The molecule has 0 unspecified atom stereocenters. The normalized spacial score (nSPS) is 18.3. The number of phenolic OH excluding ortho intramolecular Hbond substituents is 4. The molecule has 0 radical (unpaired) electrons. The number of aromatic nitrogens is 1. The van der Waals surface area contributed by atoms with Gasteiger partial charge in [-0.15, -0.1) is 0 Å². The van der Waals surface area contributed by atoms with Crippen LogP contribution >= 0.6 is 0 Å². The van der Waals surface area contributed by atoms with Crippen molar-refractivity contribution in [3.63, 3.8) is 0 Å². The Hall–Kier alpha value is -5.52. The minimum Gasteiger partial charge on any atom is -0.508 e. The Morgan fingerprint density at radius 3 is 2.48 bits per heavy atom. The van der Waals surface area contributed by atoms with E-state index in [2.05, 4.69) is 15.6 Å². The lowest BCUT2D eigenvalue weighted by Crippen LogP contribution is -2.32. The lowest BCUT2D eigenvalue weighted by atomic mass is 9.77. The number of carbonyl (C=O) groups is 1. The van der Waals surface area contributed by atoms with E-state index in [1.807, 2.05) is 37.4 Å². The number of aliphatic hydroxyl groups is 1. The van der Waals surface area contributed by atoms with Gasteiger partial charge in [-0.1, -0.05) is 18.2 Å². The number of ketones is 1. The first-order valence-corrected chi connectivity index (χ1v) is 17.4. The summed E-state index contributed by atoms with van der Waals surface area (Å²) in [6.45, 7) is 0.524. The van der Waals surface area contributed by atoms with Crippen molar-refractivity contribution < 1.29 is 39.8 Å². The van der Waals surface area contributed by atoms with Crippen LogP contribution in [0.2, 0.25) is 0 Å². The molecule has 0 spiro atoms. The van der Waals surface area contributed by atoms with Crippen molar-refractivity contribution in [2.45, 2.75) is 50.0 Å². The van der Waals surface area contributed by atoms with Gasteiger partial charge in [0, 0.05) is 30.8 Å². The van der Waals surface area contributed by atoms with Crippen LogP contribution in [0.4, 0.5) is 11.5 Å². The zero-order chi connectivity index (χ0) is 36.9. The monoisotopic (exact) mass is 707 g/mol. The van der Waals surface area contributed by atoms with Crippen LogP contribution in [-0.2, 0) is 17.6 Å². The number of methoxy groups -OCH3 is 2. The number of hydrogen-bond donors (Lipinski definition) is 7. The number of ether oxygens (including phenoxy) is 2. The van der Waals surface area contributed by atoms with Crippen LogP contribution < -0.4 is 20.1 Å². The van der Waals surface area contributed by atoms with Gasteiger partial charge in [-0.25, -0.2) is 4.98 Å². The number of nitrogens with one attached hydrogen (secondary N) is 2. The van der Waals surface area contributed by atoms with E-state index in [1.54, 1.807) is 42.6 Å². The maximum Gasteiger partial charge on any atom is 0.200 e. The minimum atomic E-state index is -1.01. The fourth-order valence-corrected chi connectivity index (χ4v) is 7.44. The molecule has 7 N–H and O–H groups in total. The van der Waals surface area contributed by atoms with Gasteiger partial charge in [-0.3, -0.25) is 4.79 Å². The number of aryl methyl sites for hydroxylation is 1. The number of pyridine rings is 1. The third kappa shape index (κ3) is 7.85. The molecule has 11 nitrogen and oxygen atoms in total. The van der Waals surface area contributed by atoms with Gasteiger partial charge in [0.2, 0.25) is 5.75 Å². The number of aliphatic hydroxyl groups excluding tert-OH is 1. The van der Waals surface area contributed by atoms with Gasteiger partial charge in [0.15, 0.2) is 23.0 Å². The van der Waals surface area contributed by atoms with Crippen molar-refractivity contribution >= 4 is 28.1 Å². The maximum absolute atomic E-state index is 14.6. The second kappa shape index (κ2) is 15.8. The van der Waals surface area contributed by atoms with E-state index in [9.17, 15) is 30.3 Å². The molecule has 6 rings (SSSR count).